The van der Waals surface area contributed by atoms with Crippen molar-refractivity contribution in [3.05, 3.63) is 59.3 Å². The molecule has 0 radical (unpaired) electrons. The van der Waals surface area contributed by atoms with Crippen molar-refractivity contribution in [2.45, 2.75) is 12.5 Å². The van der Waals surface area contributed by atoms with Gasteiger partial charge in [0, 0.05) is 32.3 Å². The molecule has 0 spiro atoms. The number of piperazine rings is 1. The molecule has 3 heterocycles. The van der Waals surface area contributed by atoms with E-state index in [4.69, 9.17) is 0 Å². The van der Waals surface area contributed by atoms with Gasteiger partial charge in [0.15, 0.2) is 0 Å². The molecule has 0 amide bonds. The third-order valence-corrected chi connectivity index (χ3v) is 4.52. The molecule has 0 unspecified atom stereocenters. The van der Waals surface area contributed by atoms with Gasteiger partial charge in [0.25, 0.3) is 0 Å². The number of anilines is 1. The monoisotopic (exact) mass is 345 g/mol. The van der Waals surface area contributed by atoms with Crippen LogP contribution in [0.5, 0.6) is 0 Å². The number of aromatic nitrogens is 1. The van der Waals surface area contributed by atoms with E-state index in [9.17, 15) is 0 Å². The maximum Gasteiger partial charge on any atom is 0.132 e. The van der Waals surface area contributed by atoms with Crippen molar-refractivity contribution < 1.29 is 0 Å². The minimum atomic E-state index is 0. The maximum absolute atomic E-state index is 4.68. The van der Waals surface area contributed by atoms with E-state index in [2.05, 4.69) is 58.2 Å². The molecule has 4 rings (SSSR count). The number of hydrogen-bond donors (Lipinski definition) is 0. The quantitative estimate of drug-likeness (QED) is 0.731. The summed E-state index contributed by atoms with van der Waals surface area (Å²) in [5.74, 6) is 1.18. The normalized spacial score (nSPS) is 20.6. The number of rotatable bonds is 0. The summed E-state index contributed by atoms with van der Waals surface area (Å²) in [6.07, 6.45) is 2.92. The van der Waals surface area contributed by atoms with Crippen LogP contribution in [0.15, 0.2) is 42.6 Å². The van der Waals surface area contributed by atoms with Gasteiger partial charge < -0.3 is 9.80 Å². The van der Waals surface area contributed by atoms with Crippen LogP contribution in [0.4, 0.5) is 5.82 Å². The molecule has 0 bridgehead atoms. The third-order valence-electron chi connectivity index (χ3n) is 4.52. The lowest BCUT2D eigenvalue weighted by Gasteiger charge is -2.41. The number of fused-ring (bicyclic) bond motifs is 5. The molecule has 21 heavy (non-hydrogen) atoms. The molecule has 4 heteroatoms. The van der Waals surface area contributed by atoms with Crippen LogP contribution in [0, 0.1) is 0 Å². The minimum absolute atomic E-state index is 0. The molecular weight excluding hydrogens is 326 g/mol. The zero-order chi connectivity index (χ0) is 13.5. The van der Waals surface area contributed by atoms with Gasteiger partial charge in [-0.2, -0.15) is 0 Å². The fourth-order valence-corrected chi connectivity index (χ4v) is 3.49. The smallest absolute Gasteiger partial charge is 0.132 e. The summed E-state index contributed by atoms with van der Waals surface area (Å²) in [5.41, 5.74) is 4.27. The lowest BCUT2D eigenvalue weighted by Crippen LogP contribution is -2.47. The second-order valence-corrected chi connectivity index (χ2v) is 5.83. The standard InChI is InChI=1S/C17H19N3.BrH/c1-19-9-10-20-16(12-19)15-7-3-2-5-13(15)11-14-6-4-8-18-17(14)20;/h2-8,16H,9-12H2,1H3;1H/t16-;/m1./s1. The molecule has 110 valence electrons. The summed E-state index contributed by atoms with van der Waals surface area (Å²) in [6.45, 7) is 3.24. The number of nitrogens with zero attached hydrogens (tertiary/aromatic N) is 3. The Balaban J connectivity index is 0.00000132. The average Bonchev–Trinajstić information content (AvgIpc) is 2.61. The number of halogens is 1. The Bertz CT molecular complexity index is 643. The fraction of sp³-hybridized carbons (Fsp3) is 0.353. The van der Waals surface area contributed by atoms with Crippen LogP contribution in [0.25, 0.3) is 0 Å². The van der Waals surface area contributed by atoms with Gasteiger partial charge in [-0.05, 0) is 29.8 Å². The van der Waals surface area contributed by atoms with Crippen molar-refractivity contribution in [2.75, 3.05) is 31.6 Å². The highest BCUT2D eigenvalue weighted by atomic mass is 79.9. The zero-order valence-corrected chi connectivity index (χ0v) is 13.9. The second kappa shape index (κ2) is 5.78. The minimum Gasteiger partial charge on any atom is -0.347 e. The second-order valence-electron chi connectivity index (χ2n) is 5.83. The third kappa shape index (κ3) is 2.47. The van der Waals surface area contributed by atoms with Gasteiger partial charge in [0.05, 0.1) is 6.04 Å². The summed E-state index contributed by atoms with van der Waals surface area (Å²) in [4.78, 5) is 9.60. The Labute approximate surface area is 136 Å². The molecule has 2 aliphatic heterocycles. The summed E-state index contributed by atoms with van der Waals surface area (Å²) in [6, 6.07) is 13.6. The van der Waals surface area contributed by atoms with E-state index in [1.54, 1.807) is 0 Å². The zero-order valence-electron chi connectivity index (χ0n) is 12.2. The van der Waals surface area contributed by atoms with Gasteiger partial charge in [-0.25, -0.2) is 4.98 Å². The van der Waals surface area contributed by atoms with Crippen molar-refractivity contribution in [1.82, 2.24) is 9.88 Å². The fourth-order valence-electron chi connectivity index (χ4n) is 3.49. The first-order chi connectivity index (χ1) is 9.83. The van der Waals surface area contributed by atoms with Crippen molar-refractivity contribution >= 4 is 22.8 Å². The van der Waals surface area contributed by atoms with E-state index in [0.717, 1.165) is 26.1 Å². The van der Waals surface area contributed by atoms with Crippen LogP contribution >= 0.6 is 17.0 Å². The van der Waals surface area contributed by atoms with E-state index >= 15 is 0 Å². The first-order valence-corrected chi connectivity index (χ1v) is 7.30. The molecule has 0 saturated carbocycles. The van der Waals surface area contributed by atoms with Crippen LogP contribution < -0.4 is 4.90 Å². The van der Waals surface area contributed by atoms with Crippen LogP contribution in [-0.4, -0.2) is 36.6 Å². The molecule has 2 aromatic rings. The first kappa shape index (κ1) is 14.5. The van der Waals surface area contributed by atoms with Gasteiger partial charge in [-0.1, -0.05) is 30.3 Å². The number of pyridine rings is 1. The molecule has 1 fully saturated rings. The van der Waals surface area contributed by atoms with E-state index < -0.39 is 0 Å². The highest BCUT2D eigenvalue weighted by Crippen LogP contribution is 2.37. The number of hydrogen-bond acceptors (Lipinski definition) is 3. The van der Waals surface area contributed by atoms with Crippen LogP contribution in [0.3, 0.4) is 0 Å². The largest absolute Gasteiger partial charge is 0.347 e. The lowest BCUT2D eigenvalue weighted by molar-refractivity contribution is 0.268. The van der Waals surface area contributed by atoms with Gasteiger partial charge in [-0.3, -0.25) is 0 Å². The highest BCUT2D eigenvalue weighted by molar-refractivity contribution is 8.93. The van der Waals surface area contributed by atoms with Crippen LogP contribution in [0.2, 0.25) is 0 Å². The molecule has 1 aromatic carbocycles. The first-order valence-electron chi connectivity index (χ1n) is 7.30. The highest BCUT2D eigenvalue weighted by Gasteiger charge is 2.32. The maximum atomic E-state index is 4.68. The molecule has 2 aliphatic rings. The van der Waals surface area contributed by atoms with Crippen molar-refractivity contribution in [3.63, 3.8) is 0 Å². The van der Waals surface area contributed by atoms with E-state index in [-0.39, 0.29) is 17.0 Å². The number of benzene rings is 1. The summed E-state index contributed by atoms with van der Waals surface area (Å²) >= 11 is 0. The van der Waals surface area contributed by atoms with Crippen LogP contribution in [-0.2, 0) is 6.42 Å². The predicted octanol–water partition coefficient (Wildman–Crippen LogP) is 3.06. The lowest BCUT2D eigenvalue weighted by atomic mass is 9.96. The van der Waals surface area contributed by atoms with E-state index in [0.29, 0.717) is 6.04 Å². The van der Waals surface area contributed by atoms with Gasteiger partial charge in [0.2, 0.25) is 0 Å². The Morgan fingerprint density at radius 3 is 2.76 bits per heavy atom. The van der Waals surface area contributed by atoms with Crippen LogP contribution in [0.1, 0.15) is 22.7 Å². The SMILES string of the molecule is Br.CN1CCN2c3ncccc3Cc3ccccc3[C@H]2C1. The van der Waals surface area contributed by atoms with Crippen molar-refractivity contribution in [2.24, 2.45) is 0 Å². The summed E-state index contributed by atoms with van der Waals surface area (Å²) < 4.78 is 0. The van der Waals surface area contributed by atoms with E-state index in [1.807, 2.05) is 6.20 Å². The number of likely N-dealkylation sites (N-methyl/N-ethyl adjacent to an activating group) is 1. The molecular formula is C17H20BrN3. The molecule has 0 aliphatic carbocycles. The Kier molecular flexibility index (Phi) is 4.00. The Morgan fingerprint density at radius 1 is 1.05 bits per heavy atom. The summed E-state index contributed by atoms with van der Waals surface area (Å²) in [7, 11) is 2.21. The summed E-state index contributed by atoms with van der Waals surface area (Å²) in [5, 5.41) is 0. The van der Waals surface area contributed by atoms with Gasteiger partial charge in [0.1, 0.15) is 5.82 Å². The molecule has 0 N–H and O–H groups in total. The topological polar surface area (TPSA) is 19.4 Å². The molecule has 1 aromatic heterocycles. The molecule has 1 saturated heterocycles. The van der Waals surface area contributed by atoms with Gasteiger partial charge >= 0.3 is 0 Å². The Morgan fingerprint density at radius 2 is 1.86 bits per heavy atom. The molecule has 1 atom stereocenters. The predicted molar refractivity (Wildman–Crippen MR) is 91.4 cm³/mol. The van der Waals surface area contributed by atoms with Crippen molar-refractivity contribution in [3.8, 4) is 0 Å². The molecule has 3 nitrogen and oxygen atoms in total. The van der Waals surface area contributed by atoms with E-state index in [1.165, 1.54) is 22.5 Å². The van der Waals surface area contributed by atoms with Crippen molar-refractivity contribution in [1.29, 1.82) is 0 Å². The Hall–Kier alpha value is -1.39. The average molecular weight is 346 g/mol. The van der Waals surface area contributed by atoms with Gasteiger partial charge in [-0.15, -0.1) is 17.0 Å².